The Hall–Kier alpha value is -2.02. The number of halogens is 1. The number of nitrogens with zero attached hydrogens (tertiary/aromatic N) is 5. The molecule has 7 heteroatoms. The fourth-order valence-corrected chi connectivity index (χ4v) is 4.23. The topological polar surface area (TPSA) is 67.1 Å². The third-order valence-corrected chi connectivity index (χ3v) is 5.49. The number of aryl methyl sites for hydroxylation is 1. The van der Waals surface area contributed by atoms with Gasteiger partial charge in [-0.2, -0.15) is 0 Å². The highest BCUT2D eigenvalue weighted by Gasteiger charge is 2.43. The van der Waals surface area contributed by atoms with Gasteiger partial charge in [-0.3, -0.25) is 0 Å². The second-order valence-corrected chi connectivity index (χ2v) is 6.85. The van der Waals surface area contributed by atoms with Crippen LogP contribution in [-0.2, 0) is 6.42 Å². The van der Waals surface area contributed by atoms with Crippen LogP contribution in [0.1, 0.15) is 31.5 Å². The molecule has 1 aliphatic carbocycles. The highest BCUT2D eigenvalue weighted by Crippen LogP contribution is 2.42. The van der Waals surface area contributed by atoms with Gasteiger partial charge in [0, 0.05) is 25.5 Å². The minimum Gasteiger partial charge on any atom is -0.391 e. The van der Waals surface area contributed by atoms with E-state index >= 15 is 0 Å². The monoisotopic (exact) mass is 331 g/mol. The molecule has 4 atom stereocenters. The highest BCUT2D eigenvalue weighted by molar-refractivity contribution is 5.42. The molecule has 1 saturated carbocycles. The average Bonchev–Trinajstić information content (AvgIpc) is 3.23. The van der Waals surface area contributed by atoms with Crippen LogP contribution < -0.4 is 4.90 Å². The molecule has 0 unspecified atom stereocenters. The van der Waals surface area contributed by atoms with Gasteiger partial charge in [-0.25, -0.2) is 19.3 Å². The minimum absolute atomic E-state index is 0.0511. The van der Waals surface area contributed by atoms with E-state index in [-0.39, 0.29) is 18.0 Å². The van der Waals surface area contributed by atoms with E-state index in [0.717, 1.165) is 25.9 Å². The first-order chi connectivity index (χ1) is 11.7. The average molecular weight is 331 g/mol. The van der Waals surface area contributed by atoms with Crippen LogP contribution in [0.2, 0.25) is 0 Å². The molecule has 0 radical (unpaired) electrons. The van der Waals surface area contributed by atoms with Gasteiger partial charge in [0.25, 0.3) is 0 Å². The fraction of sp³-hybridized carbons (Fsp3) is 0.588. The zero-order chi connectivity index (χ0) is 16.7. The number of imidazole rings is 1. The van der Waals surface area contributed by atoms with Gasteiger partial charge in [0.05, 0.1) is 24.2 Å². The highest BCUT2D eigenvalue weighted by atomic mass is 19.1. The van der Waals surface area contributed by atoms with Gasteiger partial charge < -0.3 is 14.6 Å². The van der Waals surface area contributed by atoms with Crippen molar-refractivity contribution in [3.8, 4) is 0 Å². The Kier molecular flexibility index (Phi) is 3.96. The van der Waals surface area contributed by atoms with Crippen LogP contribution in [0, 0.1) is 17.7 Å². The summed E-state index contributed by atoms with van der Waals surface area (Å²) >= 11 is 0. The van der Waals surface area contributed by atoms with Crippen LogP contribution in [0.25, 0.3) is 0 Å². The lowest BCUT2D eigenvalue weighted by atomic mass is 9.77. The lowest BCUT2D eigenvalue weighted by molar-refractivity contribution is 0.0358. The van der Waals surface area contributed by atoms with E-state index in [1.54, 1.807) is 12.5 Å². The Bertz CT molecular complexity index is 707. The molecule has 1 saturated heterocycles. The van der Waals surface area contributed by atoms with Crippen LogP contribution in [0.3, 0.4) is 0 Å². The summed E-state index contributed by atoms with van der Waals surface area (Å²) in [6.07, 6.45) is 8.64. The molecule has 4 rings (SSSR count). The van der Waals surface area contributed by atoms with Crippen LogP contribution in [0.5, 0.6) is 0 Å². The molecule has 1 N–H and O–H groups in total. The van der Waals surface area contributed by atoms with Crippen molar-refractivity contribution in [2.75, 3.05) is 18.0 Å². The van der Waals surface area contributed by atoms with Gasteiger partial charge in [0.1, 0.15) is 6.33 Å². The summed E-state index contributed by atoms with van der Waals surface area (Å²) in [6.45, 7) is 3.42. The van der Waals surface area contributed by atoms with Crippen molar-refractivity contribution in [1.82, 2.24) is 19.5 Å². The second-order valence-electron chi connectivity index (χ2n) is 6.85. The molecule has 0 aromatic carbocycles. The lowest BCUT2D eigenvalue weighted by Gasteiger charge is -2.35. The minimum atomic E-state index is -0.387. The number of aliphatic hydroxyl groups is 1. The number of aliphatic hydroxyl groups excluding tert-OH is 1. The van der Waals surface area contributed by atoms with E-state index in [1.807, 2.05) is 22.6 Å². The van der Waals surface area contributed by atoms with Crippen molar-refractivity contribution in [2.24, 2.45) is 11.8 Å². The lowest BCUT2D eigenvalue weighted by Crippen LogP contribution is -2.35. The molecule has 0 amide bonds. The first-order valence-electron chi connectivity index (χ1n) is 8.57. The quantitative estimate of drug-likeness (QED) is 0.929. The van der Waals surface area contributed by atoms with Gasteiger partial charge in [-0.1, -0.05) is 6.92 Å². The van der Waals surface area contributed by atoms with Crippen molar-refractivity contribution in [1.29, 1.82) is 0 Å². The maximum atomic E-state index is 14.6. The number of hydrogen-bond donors (Lipinski definition) is 1. The first kappa shape index (κ1) is 15.5. The summed E-state index contributed by atoms with van der Waals surface area (Å²) in [7, 11) is 0. The molecule has 2 aromatic rings. The Morgan fingerprint density at radius 1 is 1.25 bits per heavy atom. The van der Waals surface area contributed by atoms with Crippen molar-refractivity contribution >= 4 is 5.82 Å². The van der Waals surface area contributed by atoms with E-state index in [4.69, 9.17) is 0 Å². The fourth-order valence-electron chi connectivity index (χ4n) is 4.23. The third-order valence-electron chi connectivity index (χ3n) is 5.49. The van der Waals surface area contributed by atoms with Crippen LogP contribution in [0.4, 0.5) is 10.2 Å². The van der Waals surface area contributed by atoms with Gasteiger partial charge in [0.15, 0.2) is 11.6 Å². The number of anilines is 1. The third kappa shape index (κ3) is 2.56. The molecule has 0 bridgehead atoms. The number of fused-ring (bicyclic) bond motifs is 1. The summed E-state index contributed by atoms with van der Waals surface area (Å²) in [5.74, 6) is 0.912. The van der Waals surface area contributed by atoms with Crippen LogP contribution >= 0.6 is 0 Å². The smallest absolute Gasteiger partial charge is 0.187 e. The van der Waals surface area contributed by atoms with E-state index in [0.29, 0.717) is 29.8 Å². The predicted octanol–water partition coefficient (Wildman–Crippen LogP) is 1.82. The van der Waals surface area contributed by atoms with Crippen molar-refractivity contribution in [2.45, 2.75) is 38.3 Å². The van der Waals surface area contributed by atoms with Gasteiger partial charge in [-0.15, -0.1) is 0 Å². The molecular formula is C17H22FN5O. The maximum absolute atomic E-state index is 14.6. The molecule has 2 aromatic heterocycles. The summed E-state index contributed by atoms with van der Waals surface area (Å²) in [4.78, 5) is 14.3. The zero-order valence-corrected chi connectivity index (χ0v) is 13.7. The molecule has 0 spiro atoms. The van der Waals surface area contributed by atoms with E-state index in [2.05, 4.69) is 15.0 Å². The summed E-state index contributed by atoms with van der Waals surface area (Å²) in [6, 6.07) is 0.0511. The summed E-state index contributed by atoms with van der Waals surface area (Å²) in [5, 5.41) is 10.5. The van der Waals surface area contributed by atoms with E-state index < -0.39 is 0 Å². The molecule has 128 valence electrons. The van der Waals surface area contributed by atoms with Gasteiger partial charge >= 0.3 is 0 Å². The van der Waals surface area contributed by atoms with E-state index in [9.17, 15) is 9.50 Å². The number of rotatable bonds is 3. The Morgan fingerprint density at radius 2 is 2.04 bits per heavy atom. The molecule has 1 aliphatic heterocycles. The number of hydrogen-bond acceptors (Lipinski definition) is 5. The molecule has 2 aliphatic rings. The Labute approximate surface area is 140 Å². The second kappa shape index (κ2) is 6.12. The van der Waals surface area contributed by atoms with Gasteiger partial charge in [-0.05, 0) is 31.1 Å². The molecule has 2 fully saturated rings. The van der Waals surface area contributed by atoms with Crippen LogP contribution in [0.15, 0.2) is 25.0 Å². The molecule has 3 heterocycles. The number of aromatic nitrogens is 4. The molecule has 24 heavy (non-hydrogen) atoms. The van der Waals surface area contributed by atoms with Crippen molar-refractivity contribution in [3.63, 3.8) is 0 Å². The summed E-state index contributed by atoms with van der Waals surface area (Å²) in [5.41, 5.74) is 0.464. The first-order valence-corrected chi connectivity index (χ1v) is 8.57. The van der Waals surface area contributed by atoms with Gasteiger partial charge in [0.2, 0.25) is 0 Å². The zero-order valence-electron chi connectivity index (χ0n) is 13.7. The maximum Gasteiger partial charge on any atom is 0.187 e. The van der Waals surface area contributed by atoms with Crippen molar-refractivity contribution < 1.29 is 9.50 Å². The largest absolute Gasteiger partial charge is 0.391 e. The standard InChI is InChI=1S/C17H22FN5O/c1-2-13-16(18)17(21-9-20-13)23-7-11-5-14(22-4-3-19-10-22)15(24)6-12(11)8-23/h3-4,9-12,14-15,24H,2,5-8H2,1H3/t11-,12+,14-,15-/m1/s1. The SMILES string of the molecule is CCc1ncnc(N2C[C@H]3C[C@@H](n4ccnc4)[C@H](O)C[C@H]3C2)c1F. The molecule has 6 nitrogen and oxygen atoms in total. The molecular weight excluding hydrogens is 309 g/mol. The van der Waals surface area contributed by atoms with Crippen molar-refractivity contribution in [3.05, 3.63) is 36.6 Å². The Morgan fingerprint density at radius 3 is 2.75 bits per heavy atom. The normalized spacial score (nSPS) is 29.7. The Balaban J connectivity index is 1.54. The van der Waals surface area contributed by atoms with Crippen LogP contribution in [-0.4, -0.2) is 43.8 Å². The predicted molar refractivity (Wildman–Crippen MR) is 87.1 cm³/mol. The van der Waals surface area contributed by atoms with E-state index in [1.165, 1.54) is 6.33 Å². The summed E-state index contributed by atoms with van der Waals surface area (Å²) < 4.78 is 16.5.